The molecule has 1 N–H and O–H groups in total. The molecule has 0 saturated carbocycles. The van der Waals surface area contributed by atoms with Gasteiger partial charge in [-0.2, -0.15) is 0 Å². The first-order valence-corrected chi connectivity index (χ1v) is 7.07. The summed E-state index contributed by atoms with van der Waals surface area (Å²) in [4.78, 5) is 11.8. The molecule has 0 radical (unpaired) electrons. The summed E-state index contributed by atoms with van der Waals surface area (Å²) in [7, 11) is 0. The van der Waals surface area contributed by atoms with Crippen molar-refractivity contribution in [2.24, 2.45) is 0 Å². The molecule has 1 unspecified atom stereocenters. The molecule has 0 heterocycles. The van der Waals surface area contributed by atoms with Crippen LogP contribution in [0.4, 0.5) is 0 Å². The molecule has 2 rings (SSSR count). The molecule has 3 heteroatoms. The third-order valence-electron chi connectivity index (χ3n) is 2.81. The second kappa shape index (κ2) is 6.93. The van der Waals surface area contributed by atoms with Crippen molar-refractivity contribution < 1.29 is 4.79 Å². The predicted octanol–water partition coefficient (Wildman–Crippen LogP) is 3.68. The predicted molar refractivity (Wildman–Crippen MR) is 84.0 cm³/mol. The van der Waals surface area contributed by atoms with Gasteiger partial charge in [-0.3, -0.25) is 4.79 Å². The van der Waals surface area contributed by atoms with E-state index in [9.17, 15) is 4.79 Å². The molecule has 2 aromatic rings. The van der Waals surface area contributed by atoms with E-state index >= 15 is 0 Å². The van der Waals surface area contributed by atoms with Crippen molar-refractivity contribution in [3.63, 3.8) is 0 Å². The van der Waals surface area contributed by atoms with Gasteiger partial charge in [0.2, 0.25) is 0 Å². The Labute approximate surface area is 127 Å². The smallest absolute Gasteiger partial charge is 0.296 e. The zero-order valence-corrected chi connectivity index (χ0v) is 12.6. The summed E-state index contributed by atoms with van der Waals surface area (Å²) in [5.74, 6) is 5.17. The number of rotatable bonds is 2. The average Bonchev–Trinajstić information content (AvgIpc) is 2.47. The third-order valence-corrected chi connectivity index (χ3v) is 3.34. The lowest BCUT2D eigenvalue weighted by molar-refractivity contribution is -0.116. The van der Waals surface area contributed by atoms with E-state index in [0.29, 0.717) is 0 Å². The van der Waals surface area contributed by atoms with Gasteiger partial charge in [0.15, 0.2) is 0 Å². The van der Waals surface area contributed by atoms with Crippen LogP contribution in [0.1, 0.15) is 24.1 Å². The topological polar surface area (TPSA) is 29.1 Å². The van der Waals surface area contributed by atoms with Crippen molar-refractivity contribution in [3.05, 3.63) is 70.2 Å². The van der Waals surface area contributed by atoms with Gasteiger partial charge in [-0.05, 0) is 36.8 Å². The molecule has 1 amide bonds. The maximum Gasteiger partial charge on any atom is 0.296 e. The van der Waals surface area contributed by atoms with Crippen LogP contribution < -0.4 is 5.32 Å². The van der Waals surface area contributed by atoms with Crippen LogP contribution in [-0.2, 0) is 4.79 Å². The zero-order chi connectivity index (χ0) is 14.4. The first-order valence-electron chi connectivity index (χ1n) is 6.28. The molecular formula is C17H14BrNO. The van der Waals surface area contributed by atoms with E-state index in [-0.39, 0.29) is 11.9 Å². The van der Waals surface area contributed by atoms with Gasteiger partial charge in [0.05, 0.1) is 6.04 Å². The third kappa shape index (κ3) is 4.25. The van der Waals surface area contributed by atoms with Gasteiger partial charge >= 0.3 is 0 Å². The van der Waals surface area contributed by atoms with Crippen LogP contribution in [0, 0.1) is 11.8 Å². The molecule has 0 fully saturated rings. The lowest BCUT2D eigenvalue weighted by Gasteiger charge is -2.11. The Balaban J connectivity index is 1.98. The maximum absolute atomic E-state index is 11.8. The first-order chi connectivity index (χ1) is 9.65. The van der Waals surface area contributed by atoms with Crippen molar-refractivity contribution in [3.8, 4) is 11.8 Å². The van der Waals surface area contributed by atoms with Gasteiger partial charge in [-0.1, -0.05) is 52.2 Å². The Morgan fingerprint density at radius 2 is 1.75 bits per heavy atom. The van der Waals surface area contributed by atoms with Crippen LogP contribution >= 0.6 is 15.9 Å². The minimum absolute atomic E-state index is 0.0688. The molecular weight excluding hydrogens is 314 g/mol. The normalized spacial score (nSPS) is 11.1. The summed E-state index contributed by atoms with van der Waals surface area (Å²) in [6.07, 6.45) is 0. The Morgan fingerprint density at radius 1 is 1.10 bits per heavy atom. The summed E-state index contributed by atoms with van der Waals surface area (Å²) in [6.45, 7) is 1.94. The number of nitrogens with one attached hydrogen (secondary N) is 1. The van der Waals surface area contributed by atoms with E-state index < -0.39 is 0 Å². The number of carbonyl (C=O) groups excluding carboxylic acids is 1. The summed E-state index contributed by atoms with van der Waals surface area (Å²) >= 11 is 3.39. The quantitative estimate of drug-likeness (QED) is 0.837. The molecule has 0 aliphatic rings. The Morgan fingerprint density at radius 3 is 2.40 bits per heavy atom. The van der Waals surface area contributed by atoms with Crippen LogP contribution in [-0.4, -0.2) is 5.91 Å². The standard InChI is InChI=1S/C17H14BrNO/c1-13(15-8-10-16(18)11-9-15)19-17(20)12-7-14-5-3-2-4-6-14/h2-6,8-11,13H,1H3,(H,19,20). The van der Waals surface area contributed by atoms with Crippen molar-refractivity contribution in [2.75, 3.05) is 0 Å². The Bertz CT molecular complexity index is 638. The lowest BCUT2D eigenvalue weighted by Crippen LogP contribution is -2.25. The summed E-state index contributed by atoms with van der Waals surface area (Å²) in [6, 6.07) is 17.2. The largest absolute Gasteiger partial charge is 0.339 e. The lowest BCUT2D eigenvalue weighted by atomic mass is 10.1. The molecule has 0 bridgehead atoms. The zero-order valence-electron chi connectivity index (χ0n) is 11.1. The highest BCUT2D eigenvalue weighted by Crippen LogP contribution is 2.16. The summed E-state index contributed by atoms with van der Waals surface area (Å²) in [5.41, 5.74) is 1.88. The van der Waals surface area contributed by atoms with E-state index in [1.54, 1.807) is 0 Å². The van der Waals surface area contributed by atoms with Crippen LogP contribution in [0.15, 0.2) is 59.1 Å². The number of hydrogen-bond acceptors (Lipinski definition) is 1. The van der Waals surface area contributed by atoms with Crippen molar-refractivity contribution in [1.82, 2.24) is 5.32 Å². The Kier molecular flexibility index (Phi) is 4.97. The average molecular weight is 328 g/mol. The van der Waals surface area contributed by atoms with Crippen molar-refractivity contribution >= 4 is 21.8 Å². The fourth-order valence-electron chi connectivity index (χ4n) is 1.72. The van der Waals surface area contributed by atoms with Crippen LogP contribution in [0.5, 0.6) is 0 Å². The monoisotopic (exact) mass is 327 g/mol. The van der Waals surface area contributed by atoms with Gasteiger partial charge in [-0.15, -0.1) is 0 Å². The second-order valence-corrected chi connectivity index (χ2v) is 5.28. The van der Waals surface area contributed by atoms with Gasteiger partial charge in [0, 0.05) is 16.0 Å². The summed E-state index contributed by atoms with van der Waals surface area (Å²) in [5, 5.41) is 2.86. The second-order valence-electron chi connectivity index (χ2n) is 4.36. The number of hydrogen-bond donors (Lipinski definition) is 1. The highest BCUT2D eigenvalue weighted by atomic mass is 79.9. The maximum atomic E-state index is 11.8. The van der Waals surface area contributed by atoms with E-state index in [2.05, 4.69) is 33.1 Å². The van der Waals surface area contributed by atoms with E-state index in [1.807, 2.05) is 61.5 Å². The number of benzene rings is 2. The van der Waals surface area contributed by atoms with Gasteiger partial charge in [0.25, 0.3) is 5.91 Å². The van der Waals surface area contributed by atoms with E-state index in [4.69, 9.17) is 0 Å². The minimum atomic E-state index is -0.274. The molecule has 0 aliphatic carbocycles. The molecule has 0 spiro atoms. The molecule has 2 nitrogen and oxygen atoms in total. The Hall–Kier alpha value is -2.05. The van der Waals surface area contributed by atoms with Gasteiger partial charge in [0.1, 0.15) is 0 Å². The fourth-order valence-corrected chi connectivity index (χ4v) is 1.98. The van der Waals surface area contributed by atoms with Crippen LogP contribution in [0.25, 0.3) is 0 Å². The fraction of sp³-hybridized carbons (Fsp3) is 0.118. The number of halogens is 1. The van der Waals surface area contributed by atoms with Crippen LogP contribution in [0.2, 0.25) is 0 Å². The molecule has 0 aliphatic heterocycles. The van der Waals surface area contributed by atoms with Crippen LogP contribution in [0.3, 0.4) is 0 Å². The van der Waals surface area contributed by atoms with E-state index in [0.717, 1.165) is 15.6 Å². The molecule has 0 aromatic heterocycles. The summed E-state index contributed by atoms with van der Waals surface area (Å²) < 4.78 is 1.02. The molecule has 2 aromatic carbocycles. The van der Waals surface area contributed by atoms with Gasteiger partial charge in [-0.25, -0.2) is 0 Å². The van der Waals surface area contributed by atoms with Crippen molar-refractivity contribution in [1.29, 1.82) is 0 Å². The molecule has 0 saturated heterocycles. The van der Waals surface area contributed by atoms with Gasteiger partial charge < -0.3 is 5.32 Å². The number of carbonyl (C=O) groups is 1. The molecule has 100 valence electrons. The number of amides is 1. The van der Waals surface area contributed by atoms with E-state index in [1.165, 1.54) is 0 Å². The SMILES string of the molecule is CC(NC(=O)C#Cc1ccccc1)c1ccc(Br)cc1. The van der Waals surface area contributed by atoms with Crippen molar-refractivity contribution in [2.45, 2.75) is 13.0 Å². The highest BCUT2D eigenvalue weighted by molar-refractivity contribution is 9.10. The molecule has 20 heavy (non-hydrogen) atoms. The molecule has 1 atom stereocenters. The minimum Gasteiger partial charge on any atom is -0.339 e. The first kappa shape index (κ1) is 14.4. The highest BCUT2D eigenvalue weighted by Gasteiger charge is 2.07.